The third-order valence-electron chi connectivity index (χ3n) is 6.96. The fraction of sp³-hybridized carbons (Fsp3) is 0.280. The molecule has 0 aliphatic carbocycles. The Morgan fingerprint density at radius 3 is 2.35 bits per heavy atom. The second kappa shape index (κ2) is 7.66. The molecule has 1 aliphatic rings. The molecule has 0 amide bonds. The van der Waals surface area contributed by atoms with Crippen LogP contribution in [-0.2, 0) is 7.05 Å². The number of likely N-dealkylation sites (tertiary alicyclic amines) is 1. The molecule has 0 unspecified atom stereocenters. The first kappa shape index (κ1) is 20.9. The summed E-state index contributed by atoms with van der Waals surface area (Å²) in [5, 5.41) is 8.12. The van der Waals surface area contributed by atoms with Crippen LogP contribution in [0.2, 0.25) is 0 Å². The number of halogens is 2. The van der Waals surface area contributed by atoms with Crippen LogP contribution in [0.25, 0.3) is 38.9 Å². The minimum atomic E-state index is -0.435. The predicted octanol–water partition coefficient (Wildman–Crippen LogP) is 4.22. The first-order chi connectivity index (χ1) is 16.4. The van der Waals surface area contributed by atoms with E-state index in [-0.39, 0.29) is 17.7 Å². The molecule has 0 bridgehead atoms. The second-order valence-electron chi connectivity index (χ2n) is 9.12. The average Bonchev–Trinajstić information content (AvgIpc) is 3.47. The van der Waals surface area contributed by atoms with Crippen LogP contribution in [0.15, 0.2) is 53.6 Å². The molecule has 7 nitrogen and oxygen atoms in total. The van der Waals surface area contributed by atoms with Crippen LogP contribution in [0, 0.1) is 11.6 Å². The van der Waals surface area contributed by atoms with Gasteiger partial charge in [-0.25, -0.2) is 23.2 Å². The Morgan fingerprint density at radius 1 is 0.941 bits per heavy atom. The molecule has 3 aromatic heterocycles. The van der Waals surface area contributed by atoms with Crippen LogP contribution < -0.4 is 5.69 Å². The predicted molar refractivity (Wildman–Crippen MR) is 127 cm³/mol. The molecule has 1 fully saturated rings. The number of aromatic nitrogens is 5. The number of nitrogens with one attached hydrogen (secondary N) is 1. The van der Waals surface area contributed by atoms with Crippen molar-refractivity contribution in [1.29, 1.82) is 0 Å². The van der Waals surface area contributed by atoms with E-state index in [0.717, 1.165) is 37.0 Å². The van der Waals surface area contributed by atoms with Gasteiger partial charge >= 0.3 is 5.69 Å². The SMILES string of the molecule is CN1CCC(n2cc(-n3c(-c4cn(C)c5ccc(F)cc45)n[nH]c3=O)c3cc(F)ccc32)CC1. The van der Waals surface area contributed by atoms with Crippen molar-refractivity contribution in [1.82, 2.24) is 28.8 Å². The summed E-state index contributed by atoms with van der Waals surface area (Å²) in [5.74, 6) is -0.390. The molecule has 9 heteroatoms. The van der Waals surface area contributed by atoms with Gasteiger partial charge in [0.1, 0.15) is 11.6 Å². The Bertz CT molecular complexity index is 1600. The van der Waals surface area contributed by atoms with Crippen LogP contribution in [-0.4, -0.2) is 48.9 Å². The number of hydrogen-bond donors (Lipinski definition) is 1. The third kappa shape index (κ3) is 3.19. The van der Waals surface area contributed by atoms with E-state index in [1.807, 2.05) is 24.0 Å². The highest BCUT2D eigenvalue weighted by molar-refractivity contribution is 5.96. The van der Waals surface area contributed by atoms with Gasteiger partial charge in [-0.15, -0.1) is 0 Å². The van der Waals surface area contributed by atoms with Gasteiger partial charge in [-0.05, 0) is 69.4 Å². The summed E-state index contributed by atoms with van der Waals surface area (Å²) >= 11 is 0. The molecule has 0 spiro atoms. The molecule has 0 atom stereocenters. The molecule has 2 aromatic carbocycles. The van der Waals surface area contributed by atoms with Gasteiger partial charge < -0.3 is 14.0 Å². The monoisotopic (exact) mass is 462 g/mol. The number of H-pyrrole nitrogens is 1. The van der Waals surface area contributed by atoms with E-state index in [1.165, 1.54) is 28.8 Å². The van der Waals surface area contributed by atoms with Crippen molar-refractivity contribution in [2.24, 2.45) is 7.05 Å². The van der Waals surface area contributed by atoms with Gasteiger partial charge in [0.05, 0.1) is 11.2 Å². The lowest BCUT2D eigenvalue weighted by Crippen LogP contribution is -2.31. The third-order valence-corrected chi connectivity index (χ3v) is 6.96. The van der Waals surface area contributed by atoms with Gasteiger partial charge in [0.25, 0.3) is 0 Å². The molecule has 1 aliphatic heterocycles. The molecule has 5 aromatic rings. The van der Waals surface area contributed by atoms with Crippen LogP contribution in [0.3, 0.4) is 0 Å². The summed E-state index contributed by atoms with van der Waals surface area (Å²) in [4.78, 5) is 15.3. The first-order valence-corrected chi connectivity index (χ1v) is 11.3. The van der Waals surface area contributed by atoms with Gasteiger partial charge in [0, 0.05) is 47.3 Å². The maximum Gasteiger partial charge on any atom is 0.348 e. The van der Waals surface area contributed by atoms with E-state index in [2.05, 4.69) is 26.7 Å². The first-order valence-electron chi connectivity index (χ1n) is 11.3. The number of aromatic amines is 1. The van der Waals surface area contributed by atoms with E-state index in [0.29, 0.717) is 27.8 Å². The van der Waals surface area contributed by atoms with Crippen molar-refractivity contribution in [3.05, 3.63) is 70.9 Å². The van der Waals surface area contributed by atoms with Crippen molar-refractivity contribution >= 4 is 21.8 Å². The highest BCUT2D eigenvalue weighted by Crippen LogP contribution is 2.35. The molecule has 1 N–H and O–H groups in total. The molecular formula is C25H24F2N6O. The van der Waals surface area contributed by atoms with Crippen LogP contribution >= 0.6 is 0 Å². The topological polar surface area (TPSA) is 63.8 Å². The van der Waals surface area contributed by atoms with Gasteiger partial charge in [-0.1, -0.05) is 0 Å². The lowest BCUT2D eigenvalue weighted by atomic mass is 10.1. The van der Waals surface area contributed by atoms with Crippen molar-refractivity contribution in [3.63, 3.8) is 0 Å². The van der Waals surface area contributed by atoms with Crippen molar-refractivity contribution in [2.45, 2.75) is 18.9 Å². The molecule has 6 rings (SSSR count). The van der Waals surface area contributed by atoms with E-state index >= 15 is 0 Å². The van der Waals surface area contributed by atoms with Crippen molar-refractivity contribution < 1.29 is 8.78 Å². The zero-order valence-corrected chi connectivity index (χ0v) is 18.9. The van der Waals surface area contributed by atoms with Crippen LogP contribution in [0.5, 0.6) is 0 Å². The minimum absolute atomic E-state index is 0.246. The van der Waals surface area contributed by atoms with E-state index < -0.39 is 5.69 Å². The molecule has 34 heavy (non-hydrogen) atoms. The largest absolute Gasteiger partial charge is 0.350 e. The van der Waals surface area contributed by atoms with Gasteiger partial charge in [-0.3, -0.25) is 0 Å². The fourth-order valence-electron chi connectivity index (χ4n) is 5.21. The van der Waals surface area contributed by atoms with Crippen LogP contribution in [0.1, 0.15) is 18.9 Å². The second-order valence-corrected chi connectivity index (χ2v) is 9.12. The lowest BCUT2D eigenvalue weighted by molar-refractivity contribution is 0.224. The Morgan fingerprint density at radius 2 is 1.62 bits per heavy atom. The lowest BCUT2D eigenvalue weighted by Gasteiger charge is -2.30. The zero-order chi connectivity index (χ0) is 23.6. The quantitative estimate of drug-likeness (QED) is 0.437. The summed E-state index contributed by atoms with van der Waals surface area (Å²) in [6.07, 6.45) is 5.68. The molecule has 1 saturated heterocycles. The summed E-state index contributed by atoms with van der Waals surface area (Å²) in [6.45, 7) is 1.94. The normalized spacial score (nSPS) is 15.6. The maximum absolute atomic E-state index is 14.4. The molecule has 0 radical (unpaired) electrons. The molecular weight excluding hydrogens is 438 g/mol. The van der Waals surface area contributed by atoms with Crippen LogP contribution in [0.4, 0.5) is 8.78 Å². The zero-order valence-electron chi connectivity index (χ0n) is 18.9. The Kier molecular flexibility index (Phi) is 4.70. The minimum Gasteiger partial charge on any atom is -0.350 e. The molecule has 0 saturated carbocycles. The highest BCUT2D eigenvalue weighted by atomic mass is 19.1. The van der Waals surface area contributed by atoms with E-state index in [9.17, 15) is 13.6 Å². The number of fused-ring (bicyclic) bond motifs is 2. The summed E-state index contributed by atoms with van der Waals surface area (Å²) in [7, 11) is 3.97. The van der Waals surface area contributed by atoms with Gasteiger partial charge in [0.15, 0.2) is 5.82 Å². The Hall–Kier alpha value is -3.72. The summed E-state index contributed by atoms with van der Waals surface area (Å²) < 4.78 is 34.0. The Labute approximate surface area is 193 Å². The molecule has 4 heterocycles. The standard InChI is InChI=1S/C25H24F2N6O/c1-30-9-7-17(8-10-30)32-14-23(19-12-16(27)4-6-22(19)32)33-24(28-29-25(33)34)20-13-31(2)21-5-3-15(26)11-18(20)21/h3-6,11-14,17H,7-10H2,1-2H3,(H,29,34). The number of hydrogen-bond acceptors (Lipinski definition) is 3. The highest BCUT2D eigenvalue weighted by Gasteiger charge is 2.25. The number of rotatable bonds is 3. The fourth-order valence-corrected chi connectivity index (χ4v) is 5.21. The smallest absolute Gasteiger partial charge is 0.348 e. The van der Waals surface area contributed by atoms with E-state index in [4.69, 9.17) is 0 Å². The summed E-state index contributed by atoms with van der Waals surface area (Å²) in [5.41, 5.74) is 2.42. The van der Waals surface area contributed by atoms with Gasteiger partial charge in [-0.2, -0.15) is 5.10 Å². The average molecular weight is 463 g/mol. The number of aryl methyl sites for hydroxylation is 1. The number of nitrogens with zero attached hydrogens (tertiary/aromatic N) is 5. The van der Waals surface area contributed by atoms with Crippen molar-refractivity contribution in [2.75, 3.05) is 20.1 Å². The van der Waals surface area contributed by atoms with E-state index in [1.54, 1.807) is 12.1 Å². The Balaban J connectivity index is 1.59. The summed E-state index contributed by atoms with van der Waals surface area (Å²) in [6, 6.07) is 9.47. The van der Waals surface area contributed by atoms with Gasteiger partial charge in [0.2, 0.25) is 0 Å². The number of piperidine rings is 1. The molecule has 174 valence electrons. The maximum atomic E-state index is 14.4. The number of benzene rings is 2. The van der Waals surface area contributed by atoms with Crippen molar-refractivity contribution in [3.8, 4) is 17.1 Å².